The third-order valence-corrected chi connectivity index (χ3v) is 7.01. The highest BCUT2D eigenvalue weighted by atomic mass is 19.4. The summed E-state index contributed by atoms with van der Waals surface area (Å²) in [5.41, 5.74) is -0.440. The van der Waals surface area contributed by atoms with Crippen LogP contribution in [0.2, 0.25) is 0 Å². The Morgan fingerprint density at radius 2 is 1.68 bits per heavy atom. The molecule has 14 heteroatoms. The van der Waals surface area contributed by atoms with E-state index in [9.17, 15) is 26.7 Å². The van der Waals surface area contributed by atoms with Gasteiger partial charge in [-0.05, 0) is 39.8 Å². The highest BCUT2D eigenvalue weighted by Gasteiger charge is 2.51. The number of amides is 1. The molecule has 1 saturated heterocycles. The highest BCUT2D eigenvalue weighted by molar-refractivity contribution is 6.02. The van der Waals surface area contributed by atoms with Crippen LogP contribution in [-0.2, 0) is 4.74 Å². The molecule has 0 N–H and O–H groups in total. The Labute approximate surface area is 231 Å². The number of anilines is 1. The van der Waals surface area contributed by atoms with E-state index in [4.69, 9.17) is 4.74 Å². The summed E-state index contributed by atoms with van der Waals surface area (Å²) >= 11 is 0. The fraction of sp³-hybridized carbons (Fsp3) is 0.370. The summed E-state index contributed by atoms with van der Waals surface area (Å²) in [5, 5.41) is 0.529. The van der Waals surface area contributed by atoms with E-state index >= 15 is 0 Å². The van der Waals surface area contributed by atoms with Crippen LogP contribution in [0, 0.1) is 18.6 Å². The predicted molar refractivity (Wildman–Crippen MR) is 140 cm³/mol. The van der Waals surface area contributed by atoms with Gasteiger partial charge in [0.15, 0.2) is 5.65 Å². The van der Waals surface area contributed by atoms with Crippen molar-refractivity contribution < 1.29 is 31.5 Å². The molecule has 0 aliphatic carbocycles. The number of fused-ring (bicyclic) bond motifs is 1. The smallest absolute Gasteiger partial charge is 0.427 e. The maximum atomic E-state index is 14.2. The highest BCUT2D eigenvalue weighted by Crippen LogP contribution is 2.38. The Morgan fingerprint density at radius 3 is 2.32 bits per heavy atom. The van der Waals surface area contributed by atoms with Gasteiger partial charge in [-0.1, -0.05) is 0 Å². The van der Waals surface area contributed by atoms with Gasteiger partial charge >= 0.3 is 12.3 Å². The van der Waals surface area contributed by atoms with Crippen molar-refractivity contribution in [3.63, 3.8) is 0 Å². The molecule has 0 bridgehead atoms. The molecule has 3 aromatic heterocycles. The van der Waals surface area contributed by atoms with Crippen LogP contribution in [0.4, 0.5) is 32.6 Å². The minimum atomic E-state index is -4.73. The third-order valence-electron chi connectivity index (χ3n) is 7.01. The quantitative estimate of drug-likeness (QED) is 0.299. The second-order valence-corrected chi connectivity index (χ2v) is 10.3. The van der Waals surface area contributed by atoms with E-state index in [2.05, 4.69) is 19.9 Å². The maximum Gasteiger partial charge on any atom is 0.427 e. The Kier molecular flexibility index (Phi) is 7.03. The molecule has 5 rings (SSSR count). The Morgan fingerprint density at radius 1 is 1.00 bits per heavy atom. The molecule has 4 heterocycles. The molecular weight excluding hydrogens is 549 g/mol. The van der Waals surface area contributed by atoms with Crippen LogP contribution in [0.5, 0.6) is 0 Å². The summed E-state index contributed by atoms with van der Waals surface area (Å²) in [7, 11) is 0. The van der Waals surface area contributed by atoms with E-state index in [1.54, 1.807) is 20.0 Å². The molecule has 0 radical (unpaired) electrons. The average Bonchev–Trinajstić information content (AvgIpc) is 3.27. The number of ether oxygens (including phenoxy) is 1. The van der Waals surface area contributed by atoms with Crippen molar-refractivity contribution in [3.05, 3.63) is 60.4 Å². The molecule has 1 atom stereocenters. The van der Waals surface area contributed by atoms with Gasteiger partial charge in [0.1, 0.15) is 23.8 Å². The van der Waals surface area contributed by atoms with Crippen molar-refractivity contribution in [2.75, 3.05) is 24.5 Å². The zero-order valence-electron chi connectivity index (χ0n) is 22.6. The first-order chi connectivity index (χ1) is 19.3. The number of nitrogens with zero attached hydrogens (tertiary/aromatic N) is 7. The van der Waals surface area contributed by atoms with Gasteiger partial charge in [-0.15, -0.1) is 0 Å². The largest absolute Gasteiger partial charge is 0.434 e. The van der Waals surface area contributed by atoms with Crippen molar-refractivity contribution in [3.8, 4) is 16.9 Å². The molecule has 9 nitrogen and oxygen atoms in total. The lowest BCUT2D eigenvalue weighted by Crippen LogP contribution is -2.56. The van der Waals surface area contributed by atoms with E-state index in [-0.39, 0.29) is 25.3 Å². The van der Waals surface area contributed by atoms with Gasteiger partial charge < -0.3 is 19.1 Å². The summed E-state index contributed by atoms with van der Waals surface area (Å²) in [5.74, 6) is -1.07. The number of aromatic nitrogens is 5. The molecule has 216 valence electrons. The van der Waals surface area contributed by atoms with Gasteiger partial charge in [-0.25, -0.2) is 23.5 Å². The molecule has 41 heavy (non-hydrogen) atoms. The summed E-state index contributed by atoms with van der Waals surface area (Å²) in [4.78, 5) is 33.5. The zero-order chi connectivity index (χ0) is 29.7. The minimum Gasteiger partial charge on any atom is -0.434 e. The summed E-state index contributed by atoms with van der Waals surface area (Å²) < 4.78 is 74.5. The van der Waals surface area contributed by atoms with Crippen LogP contribution in [0.15, 0.2) is 43.1 Å². The van der Waals surface area contributed by atoms with E-state index in [1.165, 1.54) is 40.3 Å². The van der Waals surface area contributed by atoms with E-state index < -0.39 is 35.5 Å². The fourth-order valence-corrected chi connectivity index (χ4v) is 4.77. The van der Waals surface area contributed by atoms with Crippen molar-refractivity contribution in [2.45, 2.75) is 45.5 Å². The van der Waals surface area contributed by atoms with Gasteiger partial charge in [-0.3, -0.25) is 9.97 Å². The van der Waals surface area contributed by atoms with Gasteiger partial charge in [0.2, 0.25) is 5.60 Å². The van der Waals surface area contributed by atoms with Crippen molar-refractivity contribution in [1.29, 1.82) is 0 Å². The first-order valence-corrected chi connectivity index (χ1v) is 12.7. The number of halogens is 5. The van der Waals surface area contributed by atoms with Gasteiger partial charge in [0.25, 0.3) is 0 Å². The Bertz CT molecular complexity index is 1600. The predicted octanol–water partition coefficient (Wildman–Crippen LogP) is 5.45. The van der Waals surface area contributed by atoms with Crippen LogP contribution in [0.3, 0.4) is 0 Å². The molecule has 4 aromatic rings. The summed E-state index contributed by atoms with van der Waals surface area (Å²) in [6, 6.07) is 2.72. The molecular formula is C27H26F5N7O2. The number of hydrogen-bond donors (Lipinski definition) is 0. The topological polar surface area (TPSA) is 89.3 Å². The molecule has 0 spiro atoms. The van der Waals surface area contributed by atoms with Crippen LogP contribution >= 0.6 is 0 Å². The zero-order valence-corrected chi connectivity index (χ0v) is 22.6. The van der Waals surface area contributed by atoms with Crippen LogP contribution < -0.4 is 4.90 Å². The van der Waals surface area contributed by atoms with Crippen LogP contribution in [-0.4, -0.2) is 72.9 Å². The van der Waals surface area contributed by atoms with Crippen molar-refractivity contribution >= 4 is 22.9 Å². The summed E-state index contributed by atoms with van der Waals surface area (Å²) in [6.07, 6.45) is 0.239. The molecule has 1 aromatic carbocycles. The minimum absolute atomic E-state index is 0.0631. The molecule has 0 unspecified atom stereocenters. The van der Waals surface area contributed by atoms with Crippen LogP contribution in [0.25, 0.3) is 28.0 Å². The van der Waals surface area contributed by atoms with E-state index in [0.717, 1.165) is 19.9 Å². The van der Waals surface area contributed by atoms with Crippen LogP contribution in [0.1, 0.15) is 26.5 Å². The van der Waals surface area contributed by atoms with Crippen molar-refractivity contribution in [1.82, 2.24) is 29.4 Å². The molecule has 1 fully saturated rings. The Balaban J connectivity index is 1.56. The SMILES string of the molecule is Cc1nccnc1-c1cn(-c2cc(F)cc(F)c2)c2ncnc(N3CCN(C(=O)OC(C)(C)C(F)(F)F)C[C@@H]3C)c12. The second kappa shape index (κ2) is 10.2. The number of carbonyl (C=O) groups is 1. The maximum absolute atomic E-state index is 14.2. The normalized spacial score (nSPS) is 16.4. The first kappa shape index (κ1) is 28.2. The van der Waals surface area contributed by atoms with Gasteiger partial charge in [-0.2, -0.15) is 13.2 Å². The van der Waals surface area contributed by atoms with E-state index in [1.807, 2.05) is 4.90 Å². The number of rotatable bonds is 4. The molecule has 1 aliphatic rings. The molecule has 0 saturated carbocycles. The van der Waals surface area contributed by atoms with Crippen molar-refractivity contribution in [2.24, 2.45) is 0 Å². The lowest BCUT2D eigenvalue weighted by atomic mass is 10.1. The lowest BCUT2D eigenvalue weighted by Gasteiger charge is -2.41. The van der Waals surface area contributed by atoms with Gasteiger partial charge in [0.05, 0.1) is 22.5 Å². The molecule has 1 aliphatic heterocycles. The standard InChI is InChI=1S/C27H26F5N7O2/c1-15-12-37(25(40)41-26(3,4)27(30,31)32)7-8-38(15)23-21-20(22-16(2)33-5-6-34-22)13-39(24(21)36-14-35-23)19-10-17(28)9-18(29)11-19/h5-6,9-11,13-15H,7-8,12H2,1-4H3/t15-/m0/s1. The fourth-order valence-electron chi connectivity index (χ4n) is 4.77. The summed E-state index contributed by atoms with van der Waals surface area (Å²) in [6.45, 7) is 5.51. The number of aryl methyl sites for hydroxylation is 1. The number of hydrogen-bond acceptors (Lipinski definition) is 7. The van der Waals surface area contributed by atoms with Gasteiger partial charge in [0, 0.05) is 55.9 Å². The second-order valence-electron chi connectivity index (χ2n) is 10.3. The third kappa shape index (κ3) is 5.25. The number of benzene rings is 1. The monoisotopic (exact) mass is 575 g/mol. The van der Waals surface area contributed by atoms with E-state index in [0.29, 0.717) is 33.8 Å². The first-order valence-electron chi connectivity index (χ1n) is 12.7. The average molecular weight is 576 g/mol. The number of carbonyl (C=O) groups excluding carboxylic acids is 1. The Hall–Kier alpha value is -4.36. The number of alkyl halides is 3. The number of piperazine rings is 1. The lowest BCUT2D eigenvalue weighted by molar-refractivity contribution is -0.246. The molecule has 1 amide bonds.